The van der Waals surface area contributed by atoms with Crippen LogP contribution >= 0.6 is 11.8 Å². The van der Waals surface area contributed by atoms with Crippen molar-refractivity contribution >= 4 is 17.7 Å². The van der Waals surface area contributed by atoms with Crippen LogP contribution in [0.15, 0.2) is 35.2 Å². The molecular weight excluding hydrogens is 222 g/mol. The summed E-state index contributed by atoms with van der Waals surface area (Å²) in [5, 5.41) is 8.26. The Kier molecular flexibility index (Phi) is 6.12. The van der Waals surface area contributed by atoms with Crippen molar-refractivity contribution in [2.24, 2.45) is 0 Å². The van der Waals surface area contributed by atoms with Crippen LogP contribution in [0.4, 0.5) is 0 Å². The third kappa shape index (κ3) is 5.42. The first-order chi connectivity index (χ1) is 7.83. The van der Waals surface area contributed by atoms with E-state index in [0.717, 1.165) is 4.90 Å². The Morgan fingerprint density at radius 1 is 1.38 bits per heavy atom. The SMILES string of the molecule is N#CCCOC(=O)CCSc1ccccc1. The van der Waals surface area contributed by atoms with Crippen LogP contribution in [0.1, 0.15) is 12.8 Å². The van der Waals surface area contributed by atoms with Crippen molar-refractivity contribution in [1.29, 1.82) is 5.26 Å². The fourth-order valence-electron chi connectivity index (χ4n) is 1.05. The Balaban J connectivity index is 2.12. The predicted molar refractivity (Wildman–Crippen MR) is 63.0 cm³/mol. The maximum Gasteiger partial charge on any atom is 0.306 e. The molecule has 0 heterocycles. The highest BCUT2D eigenvalue weighted by molar-refractivity contribution is 7.99. The number of thioether (sulfide) groups is 1. The maximum atomic E-state index is 11.2. The Hall–Kier alpha value is -1.47. The number of carbonyl (C=O) groups excluding carboxylic acids is 1. The Morgan fingerprint density at radius 2 is 2.12 bits per heavy atom. The summed E-state index contributed by atoms with van der Waals surface area (Å²) < 4.78 is 4.85. The molecule has 0 saturated carbocycles. The van der Waals surface area contributed by atoms with E-state index in [-0.39, 0.29) is 19.0 Å². The van der Waals surface area contributed by atoms with Crippen molar-refractivity contribution in [1.82, 2.24) is 0 Å². The summed E-state index contributed by atoms with van der Waals surface area (Å²) in [6.07, 6.45) is 0.641. The van der Waals surface area contributed by atoms with Crippen LogP contribution in [-0.2, 0) is 9.53 Å². The number of esters is 1. The molecule has 1 rings (SSSR count). The lowest BCUT2D eigenvalue weighted by Gasteiger charge is -2.02. The number of benzene rings is 1. The van der Waals surface area contributed by atoms with Crippen LogP contribution < -0.4 is 0 Å². The number of rotatable bonds is 6. The fraction of sp³-hybridized carbons (Fsp3) is 0.333. The molecule has 1 aromatic rings. The average molecular weight is 235 g/mol. The molecule has 0 fully saturated rings. The number of nitriles is 1. The van der Waals surface area contributed by atoms with Gasteiger partial charge in [0.25, 0.3) is 0 Å². The Morgan fingerprint density at radius 3 is 2.81 bits per heavy atom. The molecule has 0 N–H and O–H groups in total. The Bertz CT molecular complexity index is 359. The van der Waals surface area contributed by atoms with Crippen molar-refractivity contribution in [2.75, 3.05) is 12.4 Å². The summed E-state index contributed by atoms with van der Waals surface area (Å²) in [7, 11) is 0. The second kappa shape index (κ2) is 7.77. The van der Waals surface area contributed by atoms with Gasteiger partial charge in [-0.2, -0.15) is 5.26 Å². The van der Waals surface area contributed by atoms with Crippen LogP contribution in [0.25, 0.3) is 0 Å². The number of hydrogen-bond donors (Lipinski definition) is 0. The van der Waals surface area contributed by atoms with Crippen molar-refractivity contribution in [3.63, 3.8) is 0 Å². The third-order valence-electron chi connectivity index (χ3n) is 1.80. The van der Waals surface area contributed by atoms with Crippen LogP contribution in [0.3, 0.4) is 0 Å². The number of carbonyl (C=O) groups is 1. The van der Waals surface area contributed by atoms with Crippen molar-refractivity contribution in [3.05, 3.63) is 30.3 Å². The smallest absolute Gasteiger partial charge is 0.306 e. The second-order valence-corrected chi connectivity index (χ2v) is 4.21. The molecule has 0 amide bonds. The first-order valence-corrected chi connectivity index (χ1v) is 6.02. The number of hydrogen-bond acceptors (Lipinski definition) is 4. The van der Waals surface area contributed by atoms with Crippen LogP contribution in [0, 0.1) is 11.3 Å². The lowest BCUT2D eigenvalue weighted by molar-refractivity contribution is -0.142. The summed E-state index contributed by atoms with van der Waals surface area (Å²) in [4.78, 5) is 12.3. The summed E-state index contributed by atoms with van der Waals surface area (Å²) in [5.41, 5.74) is 0. The molecule has 4 heteroatoms. The molecule has 0 aliphatic heterocycles. The van der Waals surface area contributed by atoms with Gasteiger partial charge in [0, 0.05) is 10.6 Å². The van der Waals surface area contributed by atoms with Gasteiger partial charge < -0.3 is 4.74 Å². The number of ether oxygens (including phenoxy) is 1. The first kappa shape index (κ1) is 12.6. The summed E-state index contributed by atoms with van der Waals surface area (Å²) in [6.45, 7) is 0.200. The molecule has 0 unspecified atom stereocenters. The third-order valence-corrected chi connectivity index (χ3v) is 2.81. The molecule has 0 aliphatic carbocycles. The minimum Gasteiger partial charge on any atom is -0.465 e. The minimum absolute atomic E-state index is 0.200. The van der Waals surface area contributed by atoms with E-state index in [4.69, 9.17) is 10.00 Å². The van der Waals surface area contributed by atoms with E-state index in [1.54, 1.807) is 11.8 Å². The van der Waals surface area contributed by atoms with E-state index in [1.807, 2.05) is 36.4 Å². The van der Waals surface area contributed by atoms with E-state index in [0.29, 0.717) is 12.2 Å². The van der Waals surface area contributed by atoms with Gasteiger partial charge in [0.05, 0.1) is 18.9 Å². The number of nitrogens with zero attached hydrogens (tertiary/aromatic N) is 1. The molecular formula is C12H13NO2S. The monoisotopic (exact) mass is 235 g/mol. The highest BCUT2D eigenvalue weighted by Crippen LogP contribution is 2.17. The van der Waals surface area contributed by atoms with E-state index >= 15 is 0 Å². The molecule has 1 aromatic carbocycles. The predicted octanol–water partition coefficient (Wildman–Crippen LogP) is 2.63. The highest BCUT2D eigenvalue weighted by Gasteiger charge is 2.02. The molecule has 84 valence electrons. The van der Waals surface area contributed by atoms with Crippen molar-refractivity contribution in [2.45, 2.75) is 17.7 Å². The molecule has 0 aliphatic rings. The zero-order chi connectivity index (χ0) is 11.6. The van der Waals surface area contributed by atoms with Gasteiger partial charge >= 0.3 is 5.97 Å². The van der Waals surface area contributed by atoms with Gasteiger partial charge in [0.1, 0.15) is 6.61 Å². The molecule has 0 spiro atoms. The minimum atomic E-state index is -0.237. The normalized spacial score (nSPS) is 9.44. The van der Waals surface area contributed by atoms with Gasteiger partial charge in [-0.25, -0.2) is 0 Å². The van der Waals surface area contributed by atoms with Gasteiger partial charge in [-0.1, -0.05) is 18.2 Å². The molecule has 0 bridgehead atoms. The van der Waals surface area contributed by atoms with Gasteiger partial charge in [0.15, 0.2) is 0 Å². The van der Waals surface area contributed by atoms with Gasteiger partial charge in [-0.3, -0.25) is 4.79 Å². The molecule has 0 saturated heterocycles. The Labute approximate surface area is 99.4 Å². The van der Waals surface area contributed by atoms with Gasteiger partial charge in [-0.05, 0) is 12.1 Å². The summed E-state index contributed by atoms with van der Waals surface area (Å²) >= 11 is 1.62. The van der Waals surface area contributed by atoms with Gasteiger partial charge in [0.2, 0.25) is 0 Å². The molecule has 0 aromatic heterocycles. The molecule has 16 heavy (non-hydrogen) atoms. The van der Waals surface area contributed by atoms with Crippen LogP contribution in [-0.4, -0.2) is 18.3 Å². The second-order valence-electron chi connectivity index (χ2n) is 3.04. The largest absolute Gasteiger partial charge is 0.465 e. The first-order valence-electron chi connectivity index (χ1n) is 5.03. The highest BCUT2D eigenvalue weighted by atomic mass is 32.2. The van der Waals surface area contributed by atoms with E-state index in [9.17, 15) is 4.79 Å². The fourth-order valence-corrected chi connectivity index (χ4v) is 1.91. The maximum absolute atomic E-state index is 11.2. The lowest BCUT2D eigenvalue weighted by atomic mass is 10.4. The van der Waals surface area contributed by atoms with E-state index < -0.39 is 0 Å². The van der Waals surface area contributed by atoms with Crippen LogP contribution in [0.2, 0.25) is 0 Å². The van der Waals surface area contributed by atoms with Crippen LogP contribution in [0.5, 0.6) is 0 Å². The zero-order valence-electron chi connectivity index (χ0n) is 8.89. The average Bonchev–Trinajstić information content (AvgIpc) is 2.31. The van der Waals surface area contributed by atoms with E-state index in [2.05, 4.69) is 0 Å². The molecule has 0 atom stereocenters. The summed E-state index contributed by atoms with van der Waals surface area (Å²) in [5.74, 6) is 0.466. The quantitative estimate of drug-likeness (QED) is 0.432. The van der Waals surface area contributed by atoms with Crippen molar-refractivity contribution in [3.8, 4) is 6.07 Å². The van der Waals surface area contributed by atoms with Crippen molar-refractivity contribution < 1.29 is 9.53 Å². The van der Waals surface area contributed by atoms with E-state index in [1.165, 1.54) is 0 Å². The standard InChI is InChI=1S/C12H13NO2S/c13-8-4-9-15-12(14)7-10-16-11-5-2-1-3-6-11/h1-3,5-6H,4,7,9-10H2. The topological polar surface area (TPSA) is 50.1 Å². The zero-order valence-corrected chi connectivity index (χ0v) is 9.70. The molecule has 3 nitrogen and oxygen atoms in total. The lowest BCUT2D eigenvalue weighted by Crippen LogP contribution is -2.06. The molecule has 0 radical (unpaired) electrons. The summed E-state index contributed by atoms with van der Waals surface area (Å²) in [6, 6.07) is 11.8. The van der Waals surface area contributed by atoms with Gasteiger partial charge in [-0.15, -0.1) is 11.8 Å².